The summed E-state index contributed by atoms with van der Waals surface area (Å²) < 4.78 is 53.6. The maximum Gasteiger partial charge on any atom is 0.243 e. The van der Waals surface area contributed by atoms with Crippen LogP contribution in [0.1, 0.15) is 25.3 Å². The molecule has 0 amide bonds. The van der Waals surface area contributed by atoms with Crippen LogP contribution in [0.25, 0.3) is 0 Å². The smallest absolute Gasteiger partial charge is 0.243 e. The highest BCUT2D eigenvalue weighted by atomic mass is 32.2. The Morgan fingerprint density at radius 3 is 2.58 bits per heavy atom. The largest absolute Gasteiger partial charge is 0.314 e. The third-order valence-electron chi connectivity index (χ3n) is 4.23. The van der Waals surface area contributed by atoms with Crippen molar-refractivity contribution in [2.24, 2.45) is 0 Å². The predicted octanol–water partition coefficient (Wildman–Crippen LogP) is 0.666. The second-order valence-electron chi connectivity index (χ2n) is 5.90. The van der Waals surface area contributed by atoms with Crippen molar-refractivity contribution in [1.29, 1.82) is 0 Å². The van der Waals surface area contributed by atoms with E-state index in [1.807, 2.05) is 6.92 Å². The summed E-state index contributed by atoms with van der Waals surface area (Å²) in [4.78, 5) is 0.229. The van der Waals surface area contributed by atoms with Crippen molar-refractivity contribution < 1.29 is 16.8 Å². The van der Waals surface area contributed by atoms with E-state index in [0.717, 1.165) is 12.8 Å². The maximum atomic E-state index is 13.0. The molecule has 1 aromatic rings. The molecule has 0 saturated carbocycles. The van der Waals surface area contributed by atoms with E-state index in [-0.39, 0.29) is 15.8 Å². The number of aryl methyl sites for hydroxylation is 1. The molecule has 1 heterocycles. The van der Waals surface area contributed by atoms with Gasteiger partial charge in [-0.05, 0) is 44.2 Å². The van der Waals surface area contributed by atoms with Gasteiger partial charge in [-0.25, -0.2) is 21.6 Å². The number of nitrogens with one attached hydrogen (secondary N) is 2. The molecule has 0 spiro atoms. The fourth-order valence-corrected chi connectivity index (χ4v) is 5.66. The zero-order valence-corrected chi connectivity index (χ0v) is 15.9. The van der Waals surface area contributed by atoms with Gasteiger partial charge < -0.3 is 5.32 Å². The summed E-state index contributed by atoms with van der Waals surface area (Å²) >= 11 is 0. The minimum Gasteiger partial charge on any atom is -0.314 e. The molecule has 24 heavy (non-hydrogen) atoms. The lowest BCUT2D eigenvalue weighted by Gasteiger charge is -2.35. The highest BCUT2D eigenvalue weighted by Crippen LogP contribution is 2.25. The summed E-state index contributed by atoms with van der Waals surface area (Å²) in [5.74, 6) is 0. The zero-order chi connectivity index (χ0) is 18.0. The van der Waals surface area contributed by atoms with Crippen LogP contribution in [0.5, 0.6) is 0 Å². The first kappa shape index (κ1) is 19.3. The van der Waals surface area contributed by atoms with E-state index in [1.54, 1.807) is 6.92 Å². The second-order valence-corrected chi connectivity index (χ2v) is 9.64. The van der Waals surface area contributed by atoms with Gasteiger partial charge in [0.1, 0.15) is 0 Å². The Labute approximate surface area is 144 Å². The van der Waals surface area contributed by atoms with E-state index in [1.165, 1.54) is 29.6 Å². The fourth-order valence-electron chi connectivity index (χ4n) is 2.97. The molecule has 1 aliphatic heterocycles. The van der Waals surface area contributed by atoms with E-state index < -0.39 is 20.0 Å². The lowest BCUT2D eigenvalue weighted by Crippen LogP contribution is -2.53. The lowest BCUT2D eigenvalue weighted by atomic mass is 10.1. The number of piperazine rings is 1. The van der Waals surface area contributed by atoms with E-state index in [0.29, 0.717) is 25.2 Å². The minimum atomic E-state index is -3.65. The number of nitrogens with zero attached hydrogens (tertiary/aromatic N) is 1. The third kappa shape index (κ3) is 3.80. The van der Waals surface area contributed by atoms with Crippen molar-refractivity contribution in [2.45, 2.75) is 42.5 Å². The number of rotatable bonds is 6. The van der Waals surface area contributed by atoms with Crippen molar-refractivity contribution in [3.63, 3.8) is 0 Å². The lowest BCUT2D eigenvalue weighted by molar-refractivity contribution is 0.254. The van der Waals surface area contributed by atoms with Gasteiger partial charge in [-0.1, -0.05) is 13.3 Å². The van der Waals surface area contributed by atoms with Crippen LogP contribution < -0.4 is 10.0 Å². The number of benzene rings is 1. The molecule has 0 radical (unpaired) electrons. The van der Waals surface area contributed by atoms with Crippen molar-refractivity contribution in [1.82, 2.24) is 14.3 Å². The van der Waals surface area contributed by atoms with Crippen molar-refractivity contribution >= 4 is 20.0 Å². The molecule has 2 N–H and O–H groups in total. The molecule has 1 unspecified atom stereocenters. The number of sulfonamides is 2. The van der Waals surface area contributed by atoms with Crippen LogP contribution in [0.2, 0.25) is 0 Å². The molecule has 1 fully saturated rings. The molecular weight excluding hydrogens is 350 g/mol. The molecule has 2 rings (SSSR count). The van der Waals surface area contributed by atoms with E-state index in [4.69, 9.17) is 0 Å². The Morgan fingerprint density at radius 1 is 1.29 bits per heavy atom. The van der Waals surface area contributed by atoms with Crippen LogP contribution in [0.4, 0.5) is 0 Å². The van der Waals surface area contributed by atoms with Crippen LogP contribution in [0, 0.1) is 6.92 Å². The van der Waals surface area contributed by atoms with E-state index in [9.17, 15) is 16.8 Å². The molecule has 0 aromatic heterocycles. The van der Waals surface area contributed by atoms with Gasteiger partial charge in [0, 0.05) is 25.7 Å². The zero-order valence-electron chi connectivity index (χ0n) is 14.2. The van der Waals surface area contributed by atoms with Crippen molar-refractivity contribution in [3.05, 3.63) is 23.8 Å². The maximum absolute atomic E-state index is 13.0. The molecule has 1 saturated heterocycles. The van der Waals surface area contributed by atoms with E-state index >= 15 is 0 Å². The van der Waals surface area contributed by atoms with Crippen molar-refractivity contribution in [3.8, 4) is 0 Å². The van der Waals surface area contributed by atoms with E-state index in [2.05, 4.69) is 10.0 Å². The summed E-state index contributed by atoms with van der Waals surface area (Å²) in [6, 6.07) is 4.09. The second kappa shape index (κ2) is 7.49. The Morgan fingerprint density at radius 2 is 2.00 bits per heavy atom. The first-order valence-corrected chi connectivity index (χ1v) is 10.9. The van der Waals surface area contributed by atoms with Gasteiger partial charge in [0.2, 0.25) is 20.0 Å². The summed E-state index contributed by atoms with van der Waals surface area (Å²) in [5.41, 5.74) is 0.410. The number of hydrogen-bond donors (Lipinski definition) is 2. The standard InChI is InChI=1S/C15H25N3O4S2/c1-4-5-13-11-17-8-9-18(13)24(21,22)14-6-7-15(12(2)10-14)23(19,20)16-3/h6-7,10,13,16-17H,4-5,8-9,11H2,1-3H3. The van der Waals surface area contributed by atoms with Gasteiger partial charge in [-0.3, -0.25) is 0 Å². The van der Waals surface area contributed by atoms with Gasteiger partial charge in [0.05, 0.1) is 9.79 Å². The molecule has 1 aromatic carbocycles. The number of hydrogen-bond acceptors (Lipinski definition) is 5. The first-order chi connectivity index (χ1) is 11.2. The van der Waals surface area contributed by atoms with Gasteiger partial charge in [-0.2, -0.15) is 4.31 Å². The van der Waals surface area contributed by atoms with Crippen LogP contribution in [0.15, 0.2) is 28.0 Å². The van der Waals surface area contributed by atoms with Crippen molar-refractivity contribution in [2.75, 3.05) is 26.7 Å². The van der Waals surface area contributed by atoms with Crippen LogP contribution in [-0.2, 0) is 20.0 Å². The normalized spacial score (nSPS) is 20.2. The Bertz CT molecular complexity index is 789. The quantitative estimate of drug-likeness (QED) is 0.762. The minimum absolute atomic E-state index is 0.0743. The molecule has 1 atom stereocenters. The molecule has 7 nitrogen and oxygen atoms in total. The highest BCUT2D eigenvalue weighted by molar-refractivity contribution is 7.89. The fraction of sp³-hybridized carbons (Fsp3) is 0.600. The first-order valence-electron chi connectivity index (χ1n) is 8.00. The van der Waals surface area contributed by atoms with Crippen LogP contribution >= 0.6 is 0 Å². The van der Waals surface area contributed by atoms with Crippen LogP contribution in [-0.4, -0.2) is 53.9 Å². The molecule has 9 heteroatoms. The Balaban J connectivity index is 2.41. The average Bonchev–Trinajstić information content (AvgIpc) is 2.55. The topological polar surface area (TPSA) is 95.6 Å². The highest BCUT2D eigenvalue weighted by Gasteiger charge is 2.33. The molecule has 136 valence electrons. The van der Waals surface area contributed by atoms with Gasteiger partial charge in [0.15, 0.2) is 0 Å². The molecular formula is C15H25N3O4S2. The molecule has 0 bridgehead atoms. The predicted molar refractivity (Wildman–Crippen MR) is 92.9 cm³/mol. The third-order valence-corrected chi connectivity index (χ3v) is 7.75. The molecule has 0 aliphatic carbocycles. The summed E-state index contributed by atoms with van der Waals surface area (Å²) in [6.07, 6.45) is 1.69. The monoisotopic (exact) mass is 375 g/mol. The molecule has 1 aliphatic rings. The average molecular weight is 376 g/mol. The Hall–Kier alpha value is -1.00. The summed E-state index contributed by atoms with van der Waals surface area (Å²) in [7, 11) is -5.92. The van der Waals surface area contributed by atoms with Gasteiger partial charge in [-0.15, -0.1) is 0 Å². The summed E-state index contributed by atoms with van der Waals surface area (Å²) in [5, 5.41) is 3.23. The SMILES string of the molecule is CCCC1CNCCN1S(=O)(=O)c1ccc(S(=O)(=O)NC)c(C)c1. The Kier molecular flexibility index (Phi) is 6.03. The van der Waals surface area contributed by atoms with Crippen LogP contribution in [0.3, 0.4) is 0 Å². The summed E-state index contributed by atoms with van der Waals surface area (Å²) in [6.45, 7) is 5.30. The van der Waals surface area contributed by atoms with Gasteiger partial charge in [0.25, 0.3) is 0 Å². The van der Waals surface area contributed by atoms with Gasteiger partial charge >= 0.3 is 0 Å².